The number of hydrogen-bond donors (Lipinski definition) is 0. The topological polar surface area (TPSA) is 0 Å². The molecule has 0 N–H and O–H groups in total. The van der Waals surface area contributed by atoms with Gasteiger partial charge in [0, 0.05) is 0 Å². The van der Waals surface area contributed by atoms with Crippen molar-refractivity contribution in [3.05, 3.63) is 13.8 Å². The summed E-state index contributed by atoms with van der Waals surface area (Å²) in [6, 6.07) is 0. The third kappa shape index (κ3) is 16.0. The van der Waals surface area contributed by atoms with Crippen LogP contribution in [0.2, 0.25) is 0 Å². The minimum Gasteiger partial charge on any atom is -0.343 e. The summed E-state index contributed by atoms with van der Waals surface area (Å²) in [5, 5.41) is 0. The van der Waals surface area contributed by atoms with Gasteiger partial charge in [0.2, 0.25) is 0 Å². The van der Waals surface area contributed by atoms with Gasteiger partial charge in [0.05, 0.1) is 0 Å². The van der Waals surface area contributed by atoms with Crippen LogP contribution in [0.4, 0.5) is 0 Å². The summed E-state index contributed by atoms with van der Waals surface area (Å²) in [6.07, 6.45) is 4.61. The summed E-state index contributed by atoms with van der Waals surface area (Å²) >= 11 is 0. The third-order valence-electron chi connectivity index (χ3n) is 0.750. The van der Waals surface area contributed by atoms with Crippen LogP contribution in [0.3, 0.4) is 0 Å². The summed E-state index contributed by atoms with van der Waals surface area (Å²) in [6.45, 7) is 7.39. The molecule has 0 saturated carbocycles. The van der Waals surface area contributed by atoms with Gasteiger partial charge in [0.25, 0.3) is 0 Å². The van der Waals surface area contributed by atoms with Gasteiger partial charge in [-0.2, -0.15) is 12.8 Å². The maximum Gasteiger partial charge on any atom is 2.00 e. The van der Waals surface area contributed by atoms with Crippen molar-refractivity contribution in [1.82, 2.24) is 0 Å². The molecular formula is C7H16Cr. The molecule has 0 heterocycles. The van der Waals surface area contributed by atoms with Crippen LogP contribution in [0.25, 0.3) is 0 Å². The van der Waals surface area contributed by atoms with Gasteiger partial charge < -0.3 is 13.8 Å². The van der Waals surface area contributed by atoms with Crippen LogP contribution in [0.15, 0.2) is 0 Å². The normalized spacial score (nSPS) is 6.75. The first-order valence-electron chi connectivity index (χ1n) is 2.50. The van der Waals surface area contributed by atoms with Crippen LogP contribution in [-0.2, 0) is 17.4 Å². The molecule has 0 bridgehead atoms. The van der Waals surface area contributed by atoms with E-state index in [0.29, 0.717) is 0 Å². The summed E-state index contributed by atoms with van der Waals surface area (Å²) in [7, 11) is 0. The quantitative estimate of drug-likeness (QED) is 0.431. The zero-order chi connectivity index (χ0) is 4.83. The Morgan fingerprint density at radius 1 is 0.875 bits per heavy atom. The van der Waals surface area contributed by atoms with E-state index in [1.807, 2.05) is 0 Å². The molecule has 0 atom stereocenters. The van der Waals surface area contributed by atoms with Gasteiger partial charge >= 0.3 is 17.4 Å². The van der Waals surface area contributed by atoms with Crippen molar-refractivity contribution < 1.29 is 17.4 Å². The molecule has 0 amide bonds. The standard InChI is InChI=1S/C6H12.CH4.Cr/c1-3-5-6-4-2;;/h1-6H2;1H4;/q-2;;+2. The molecule has 0 aliphatic carbocycles. The summed E-state index contributed by atoms with van der Waals surface area (Å²) in [5.74, 6) is 0. The molecule has 0 saturated heterocycles. The van der Waals surface area contributed by atoms with Gasteiger partial charge in [0.1, 0.15) is 0 Å². The van der Waals surface area contributed by atoms with Gasteiger partial charge in [-0.25, -0.2) is 0 Å². The average Bonchev–Trinajstić information content (AvgIpc) is 1.61. The Morgan fingerprint density at radius 2 is 1.12 bits per heavy atom. The van der Waals surface area contributed by atoms with Crippen molar-refractivity contribution in [3.63, 3.8) is 0 Å². The van der Waals surface area contributed by atoms with Gasteiger partial charge in [-0.05, 0) is 0 Å². The van der Waals surface area contributed by atoms with Crippen molar-refractivity contribution >= 4 is 0 Å². The molecule has 0 aliphatic rings. The van der Waals surface area contributed by atoms with Crippen molar-refractivity contribution in [2.45, 2.75) is 33.1 Å². The van der Waals surface area contributed by atoms with E-state index in [0.717, 1.165) is 12.8 Å². The SMILES string of the molecule is C.[CH2-]CCCC[CH2-].[Cr+2]. The Hall–Kier alpha value is 0.532. The maximum absolute atomic E-state index is 3.70. The second-order valence-electron chi connectivity index (χ2n) is 1.41. The van der Waals surface area contributed by atoms with E-state index in [1.165, 1.54) is 12.8 Å². The molecule has 0 aromatic carbocycles. The minimum absolute atomic E-state index is 0. The van der Waals surface area contributed by atoms with Crippen LogP contribution >= 0.6 is 0 Å². The molecule has 1 heteroatoms. The van der Waals surface area contributed by atoms with Gasteiger partial charge in [0.15, 0.2) is 0 Å². The molecule has 0 unspecified atom stereocenters. The molecule has 8 heavy (non-hydrogen) atoms. The van der Waals surface area contributed by atoms with Crippen LogP contribution < -0.4 is 0 Å². The Kier molecular flexibility index (Phi) is 30.9. The van der Waals surface area contributed by atoms with E-state index in [1.54, 1.807) is 0 Å². The zero-order valence-corrected chi connectivity index (χ0v) is 5.93. The number of hydrogen-bond acceptors (Lipinski definition) is 0. The Bertz CT molecular complexity index is 16.3. The summed E-state index contributed by atoms with van der Waals surface area (Å²) in [5.41, 5.74) is 0. The first kappa shape index (κ1) is 15.8. The van der Waals surface area contributed by atoms with Crippen LogP contribution in [-0.4, -0.2) is 0 Å². The predicted molar refractivity (Wildman–Crippen MR) is 35.9 cm³/mol. The summed E-state index contributed by atoms with van der Waals surface area (Å²) < 4.78 is 0. The van der Waals surface area contributed by atoms with E-state index in [-0.39, 0.29) is 24.8 Å². The van der Waals surface area contributed by atoms with Gasteiger partial charge in [-0.15, -0.1) is 0 Å². The zero-order valence-electron chi connectivity index (χ0n) is 4.65. The second-order valence-corrected chi connectivity index (χ2v) is 1.41. The fourth-order valence-electron chi connectivity index (χ4n) is 0.354. The third-order valence-corrected chi connectivity index (χ3v) is 0.750. The van der Waals surface area contributed by atoms with E-state index in [2.05, 4.69) is 13.8 Å². The van der Waals surface area contributed by atoms with Crippen molar-refractivity contribution in [3.8, 4) is 0 Å². The Morgan fingerprint density at radius 3 is 1.25 bits per heavy atom. The van der Waals surface area contributed by atoms with Crippen molar-refractivity contribution in [1.29, 1.82) is 0 Å². The molecule has 50 valence electrons. The molecule has 0 fully saturated rings. The summed E-state index contributed by atoms with van der Waals surface area (Å²) in [4.78, 5) is 0. The average molecular weight is 152 g/mol. The molecule has 0 spiro atoms. The van der Waals surface area contributed by atoms with E-state index >= 15 is 0 Å². The van der Waals surface area contributed by atoms with E-state index in [4.69, 9.17) is 0 Å². The first-order valence-corrected chi connectivity index (χ1v) is 2.50. The van der Waals surface area contributed by atoms with E-state index in [9.17, 15) is 0 Å². The van der Waals surface area contributed by atoms with Gasteiger partial charge in [-0.1, -0.05) is 20.3 Å². The van der Waals surface area contributed by atoms with Crippen LogP contribution in [0.1, 0.15) is 33.1 Å². The van der Waals surface area contributed by atoms with Crippen molar-refractivity contribution in [2.24, 2.45) is 0 Å². The van der Waals surface area contributed by atoms with Crippen molar-refractivity contribution in [2.75, 3.05) is 0 Å². The largest absolute Gasteiger partial charge is 2.00 e. The first-order chi connectivity index (χ1) is 2.91. The van der Waals surface area contributed by atoms with E-state index < -0.39 is 0 Å². The molecule has 0 aliphatic heterocycles. The molecule has 0 aromatic rings. The molecule has 0 aromatic heterocycles. The fourth-order valence-corrected chi connectivity index (χ4v) is 0.354. The van der Waals surface area contributed by atoms with Gasteiger partial charge in [-0.3, -0.25) is 0 Å². The predicted octanol–water partition coefficient (Wildman–Crippen LogP) is 2.85. The Labute approximate surface area is 64.8 Å². The maximum atomic E-state index is 3.70. The fraction of sp³-hybridized carbons (Fsp3) is 0.714. The smallest absolute Gasteiger partial charge is 0.343 e. The Balaban J connectivity index is -0.000000125. The monoisotopic (exact) mass is 152 g/mol. The minimum atomic E-state index is 0. The molecular weight excluding hydrogens is 136 g/mol. The van der Waals surface area contributed by atoms with Crippen LogP contribution in [0.5, 0.6) is 0 Å². The molecule has 0 rings (SSSR count). The molecule has 0 radical (unpaired) electrons. The van der Waals surface area contributed by atoms with Crippen LogP contribution in [0, 0.1) is 13.8 Å². The second kappa shape index (κ2) is 15.6. The number of rotatable bonds is 3. The number of unbranched alkanes of at least 4 members (excludes halogenated alkanes) is 3. The molecule has 0 nitrogen and oxygen atoms in total.